The normalized spacial score (nSPS) is 11.6. The van der Waals surface area contributed by atoms with Gasteiger partial charge in [-0.3, -0.25) is 9.36 Å². The fraction of sp³-hybridized carbons (Fsp3) is 0.167. The average molecular weight is 382 g/mol. The van der Waals surface area contributed by atoms with Gasteiger partial charge in [-0.25, -0.2) is 4.68 Å². The maximum atomic E-state index is 13.3. The Morgan fingerprint density at radius 1 is 0.828 bits per heavy atom. The molecule has 0 radical (unpaired) electrons. The molecule has 0 aliphatic carbocycles. The molecule has 5 nitrogen and oxygen atoms in total. The topological polar surface area (TPSA) is 44.8 Å². The number of rotatable bonds is 2. The van der Waals surface area contributed by atoms with Gasteiger partial charge in [0, 0.05) is 36.1 Å². The number of aromatic nitrogens is 4. The van der Waals surface area contributed by atoms with Crippen LogP contribution in [0.2, 0.25) is 0 Å². The van der Waals surface area contributed by atoms with Gasteiger partial charge in [0.15, 0.2) is 0 Å². The Kier molecular flexibility index (Phi) is 3.74. The first-order chi connectivity index (χ1) is 14.0. The Bertz CT molecular complexity index is 1450. The van der Waals surface area contributed by atoms with Crippen molar-refractivity contribution in [3.63, 3.8) is 0 Å². The second-order valence-corrected chi connectivity index (χ2v) is 7.63. The number of nitrogens with zero attached hydrogens (tertiary/aromatic N) is 4. The molecule has 0 spiro atoms. The summed E-state index contributed by atoms with van der Waals surface area (Å²) in [6.07, 6.45) is 1.79. The van der Waals surface area contributed by atoms with Gasteiger partial charge >= 0.3 is 0 Å². The Morgan fingerprint density at radius 3 is 2.34 bits per heavy atom. The van der Waals surface area contributed by atoms with Crippen LogP contribution in [0.25, 0.3) is 38.8 Å². The van der Waals surface area contributed by atoms with Gasteiger partial charge < -0.3 is 4.57 Å². The number of aryl methyl sites for hydroxylation is 3. The van der Waals surface area contributed by atoms with Crippen molar-refractivity contribution in [2.45, 2.75) is 13.8 Å². The maximum absolute atomic E-state index is 13.3. The standard InChI is InChI=1S/C24H22N4O/c1-15-10-11-22-18(12-15)19-13-20(24(29)27(4)23(19)26(22)3)21-14-25-28(16(21)2)17-8-6-5-7-9-17/h5-14H,1-4H3. The minimum absolute atomic E-state index is 0.0177. The number of hydrogen-bond acceptors (Lipinski definition) is 2. The lowest BCUT2D eigenvalue weighted by Crippen LogP contribution is -2.20. The van der Waals surface area contributed by atoms with Crippen LogP contribution in [0.15, 0.2) is 65.6 Å². The zero-order valence-electron chi connectivity index (χ0n) is 17.0. The number of benzene rings is 2. The maximum Gasteiger partial charge on any atom is 0.259 e. The van der Waals surface area contributed by atoms with Crippen molar-refractivity contribution in [3.05, 3.63) is 82.4 Å². The molecule has 5 rings (SSSR count). The Morgan fingerprint density at radius 2 is 1.59 bits per heavy atom. The molecule has 5 aromatic rings. The molecule has 0 aliphatic rings. The first-order valence-electron chi connectivity index (χ1n) is 9.66. The zero-order chi connectivity index (χ0) is 20.3. The summed E-state index contributed by atoms with van der Waals surface area (Å²) < 4.78 is 5.72. The van der Waals surface area contributed by atoms with E-state index >= 15 is 0 Å². The van der Waals surface area contributed by atoms with Crippen LogP contribution >= 0.6 is 0 Å². The summed E-state index contributed by atoms with van der Waals surface area (Å²) in [6.45, 7) is 4.10. The van der Waals surface area contributed by atoms with Gasteiger partial charge in [0.1, 0.15) is 5.65 Å². The Labute approximate surface area is 168 Å². The van der Waals surface area contributed by atoms with Crippen molar-refractivity contribution in [2.75, 3.05) is 0 Å². The predicted octanol–water partition coefficient (Wildman–Crippen LogP) is 4.50. The third-order valence-corrected chi connectivity index (χ3v) is 5.80. The van der Waals surface area contributed by atoms with Crippen LogP contribution < -0.4 is 5.56 Å². The molecular formula is C24H22N4O. The van der Waals surface area contributed by atoms with Crippen molar-refractivity contribution in [1.82, 2.24) is 18.9 Å². The highest BCUT2D eigenvalue weighted by molar-refractivity contribution is 6.08. The van der Waals surface area contributed by atoms with Crippen molar-refractivity contribution < 1.29 is 0 Å². The van der Waals surface area contributed by atoms with E-state index < -0.39 is 0 Å². The zero-order valence-corrected chi connectivity index (χ0v) is 17.0. The summed E-state index contributed by atoms with van der Waals surface area (Å²) in [5, 5.41) is 6.80. The minimum Gasteiger partial charge on any atom is -0.330 e. The molecule has 0 N–H and O–H groups in total. The summed E-state index contributed by atoms with van der Waals surface area (Å²) in [5.41, 5.74) is 6.69. The van der Waals surface area contributed by atoms with Gasteiger partial charge in [0.25, 0.3) is 5.56 Å². The summed E-state index contributed by atoms with van der Waals surface area (Å²) in [6, 6.07) is 18.4. The average Bonchev–Trinajstić information content (AvgIpc) is 3.23. The molecule has 29 heavy (non-hydrogen) atoms. The van der Waals surface area contributed by atoms with E-state index in [4.69, 9.17) is 0 Å². The lowest BCUT2D eigenvalue weighted by molar-refractivity contribution is 0.843. The van der Waals surface area contributed by atoms with Gasteiger partial charge in [-0.05, 0) is 44.2 Å². The molecule has 144 valence electrons. The van der Waals surface area contributed by atoms with Gasteiger partial charge in [-0.15, -0.1) is 0 Å². The highest BCUT2D eigenvalue weighted by Gasteiger charge is 2.19. The van der Waals surface area contributed by atoms with E-state index in [1.807, 2.05) is 62.1 Å². The molecule has 0 fully saturated rings. The second-order valence-electron chi connectivity index (χ2n) is 7.63. The number of hydrogen-bond donors (Lipinski definition) is 0. The van der Waals surface area contributed by atoms with Crippen LogP contribution in [-0.2, 0) is 14.1 Å². The molecule has 2 aromatic carbocycles. The van der Waals surface area contributed by atoms with Gasteiger partial charge in [-0.2, -0.15) is 5.10 Å². The highest BCUT2D eigenvalue weighted by atomic mass is 16.1. The van der Waals surface area contributed by atoms with E-state index in [0.717, 1.165) is 38.9 Å². The molecule has 3 heterocycles. The molecule has 0 unspecified atom stereocenters. The largest absolute Gasteiger partial charge is 0.330 e. The molecule has 0 amide bonds. The first kappa shape index (κ1) is 17.5. The molecule has 5 heteroatoms. The fourth-order valence-corrected chi connectivity index (χ4v) is 4.30. The lowest BCUT2D eigenvalue weighted by Gasteiger charge is -2.09. The lowest BCUT2D eigenvalue weighted by atomic mass is 10.1. The summed E-state index contributed by atoms with van der Waals surface area (Å²) in [5.74, 6) is 0. The molecular weight excluding hydrogens is 360 g/mol. The van der Waals surface area contributed by atoms with Gasteiger partial charge in [0.2, 0.25) is 0 Å². The monoisotopic (exact) mass is 382 g/mol. The van der Waals surface area contributed by atoms with Crippen molar-refractivity contribution >= 4 is 21.9 Å². The second kappa shape index (κ2) is 6.21. The molecule has 0 bridgehead atoms. The first-order valence-corrected chi connectivity index (χ1v) is 9.66. The van der Waals surface area contributed by atoms with Crippen LogP contribution in [0.5, 0.6) is 0 Å². The summed E-state index contributed by atoms with van der Waals surface area (Å²) in [7, 11) is 3.86. The predicted molar refractivity (Wildman–Crippen MR) is 118 cm³/mol. The van der Waals surface area contributed by atoms with E-state index in [0.29, 0.717) is 5.56 Å². The smallest absolute Gasteiger partial charge is 0.259 e. The quantitative estimate of drug-likeness (QED) is 0.451. The summed E-state index contributed by atoms with van der Waals surface area (Å²) >= 11 is 0. The molecule has 0 atom stereocenters. The van der Waals surface area contributed by atoms with E-state index in [1.165, 1.54) is 5.56 Å². The van der Waals surface area contributed by atoms with Crippen molar-refractivity contribution in [2.24, 2.45) is 14.1 Å². The number of pyridine rings is 1. The Hall–Kier alpha value is -3.60. The minimum atomic E-state index is -0.0177. The number of para-hydroxylation sites is 1. The van der Waals surface area contributed by atoms with Crippen molar-refractivity contribution in [1.29, 1.82) is 0 Å². The third-order valence-electron chi connectivity index (χ3n) is 5.80. The van der Waals surface area contributed by atoms with Crippen LogP contribution in [0.1, 0.15) is 11.3 Å². The van der Waals surface area contributed by atoms with Crippen LogP contribution in [0.4, 0.5) is 0 Å². The molecule has 3 aromatic heterocycles. The van der Waals surface area contributed by atoms with E-state index in [2.05, 4.69) is 34.8 Å². The SMILES string of the molecule is Cc1ccc2c(c1)c1cc(-c3cnn(-c4ccccc4)c3C)c(=O)n(C)c1n2C. The fourth-order valence-electron chi connectivity index (χ4n) is 4.30. The van der Waals surface area contributed by atoms with Gasteiger partial charge in [0.05, 0.1) is 23.0 Å². The molecule has 0 saturated heterocycles. The van der Waals surface area contributed by atoms with E-state index in [1.54, 1.807) is 10.8 Å². The van der Waals surface area contributed by atoms with Crippen LogP contribution in [0, 0.1) is 13.8 Å². The molecule has 0 saturated carbocycles. The van der Waals surface area contributed by atoms with Crippen LogP contribution in [0.3, 0.4) is 0 Å². The van der Waals surface area contributed by atoms with Crippen molar-refractivity contribution in [3.8, 4) is 16.8 Å². The third kappa shape index (κ3) is 2.47. The number of fused-ring (bicyclic) bond motifs is 3. The Balaban J connectivity index is 1.82. The highest BCUT2D eigenvalue weighted by Crippen LogP contribution is 2.31. The van der Waals surface area contributed by atoms with Crippen LogP contribution in [-0.4, -0.2) is 18.9 Å². The summed E-state index contributed by atoms with van der Waals surface area (Å²) in [4.78, 5) is 13.3. The van der Waals surface area contributed by atoms with E-state index in [-0.39, 0.29) is 5.56 Å². The van der Waals surface area contributed by atoms with E-state index in [9.17, 15) is 4.79 Å². The van der Waals surface area contributed by atoms with Gasteiger partial charge in [-0.1, -0.05) is 29.8 Å². The molecule has 0 aliphatic heterocycles.